The third kappa shape index (κ3) is 6.32. The summed E-state index contributed by atoms with van der Waals surface area (Å²) >= 11 is 0. The van der Waals surface area contributed by atoms with Gasteiger partial charge in [-0.1, -0.05) is 36.4 Å². The van der Waals surface area contributed by atoms with Crippen molar-refractivity contribution in [1.29, 1.82) is 0 Å². The largest absolute Gasteiger partial charge is 0.356 e. The standard InChI is InChI=1S/C25H31N5O.C2H2/c1-19-7-3-4-8-20(19)25(31)27-18-24-22(21-9-5-6-10-23(21)28-24)17-26-11-12-30-15-13-29(2)14-16-30;1-2/h3-10,17,28H,11-16,18H2,1-2H3,(H,27,31);1-2H. The van der Waals surface area contributed by atoms with Gasteiger partial charge in [0.1, 0.15) is 0 Å². The van der Waals surface area contributed by atoms with Crippen LogP contribution in [0.3, 0.4) is 0 Å². The molecule has 1 aromatic heterocycles. The maximum Gasteiger partial charge on any atom is 0.251 e. The Bertz CT molecular complexity index is 1110. The van der Waals surface area contributed by atoms with E-state index in [1.165, 1.54) is 0 Å². The smallest absolute Gasteiger partial charge is 0.251 e. The van der Waals surface area contributed by atoms with E-state index in [2.05, 4.69) is 52.1 Å². The van der Waals surface area contributed by atoms with Gasteiger partial charge in [-0.15, -0.1) is 12.8 Å². The third-order valence-electron chi connectivity index (χ3n) is 6.00. The summed E-state index contributed by atoms with van der Waals surface area (Å²) in [7, 11) is 2.17. The van der Waals surface area contributed by atoms with Gasteiger partial charge in [0.2, 0.25) is 0 Å². The Labute approximate surface area is 196 Å². The van der Waals surface area contributed by atoms with Gasteiger partial charge in [0.05, 0.1) is 13.1 Å². The number of carbonyl (C=O) groups is 1. The highest BCUT2D eigenvalue weighted by Gasteiger charge is 2.14. The molecule has 6 nitrogen and oxygen atoms in total. The molecule has 2 N–H and O–H groups in total. The van der Waals surface area contributed by atoms with Gasteiger partial charge in [-0.2, -0.15) is 0 Å². The number of rotatable bonds is 7. The predicted octanol–water partition coefficient (Wildman–Crippen LogP) is 3.32. The van der Waals surface area contributed by atoms with Crippen LogP contribution >= 0.6 is 0 Å². The normalized spacial score (nSPS) is 14.8. The SMILES string of the molecule is C#C.Cc1ccccc1C(=O)NCc1[nH]c2ccccc2c1C=NCCN1CCN(C)CC1. The summed E-state index contributed by atoms with van der Waals surface area (Å²) in [5, 5.41) is 4.19. The fraction of sp³-hybridized carbons (Fsp3) is 0.333. The summed E-state index contributed by atoms with van der Waals surface area (Å²) in [5.74, 6) is -0.0605. The number of fused-ring (bicyclic) bond motifs is 1. The Morgan fingerprint density at radius 1 is 1.09 bits per heavy atom. The highest BCUT2D eigenvalue weighted by atomic mass is 16.1. The lowest BCUT2D eigenvalue weighted by Gasteiger charge is -2.31. The van der Waals surface area contributed by atoms with Crippen molar-refractivity contribution in [3.63, 3.8) is 0 Å². The number of piperazine rings is 1. The molecule has 2 aromatic carbocycles. The Morgan fingerprint density at radius 3 is 2.55 bits per heavy atom. The first-order valence-electron chi connectivity index (χ1n) is 11.3. The van der Waals surface area contributed by atoms with E-state index >= 15 is 0 Å². The number of aliphatic imine (C=N–C) groups is 1. The Morgan fingerprint density at radius 2 is 1.79 bits per heavy atom. The number of amides is 1. The molecule has 33 heavy (non-hydrogen) atoms. The zero-order valence-corrected chi connectivity index (χ0v) is 19.6. The van der Waals surface area contributed by atoms with Crippen LogP contribution in [0.4, 0.5) is 0 Å². The van der Waals surface area contributed by atoms with Gasteiger partial charge in [-0.3, -0.25) is 14.7 Å². The molecule has 6 heteroatoms. The summed E-state index contributed by atoms with van der Waals surface area (Å²) in [6.45, 7) is 8.60. The minimum atomic E-state index is -0.0605. The van der Waals surface area contributed by atoms with Crippen molar-refractivity contribution >= 4 is 23.0 Å². The Balaban J connectivity index is 0.00000149. The molecule has 1 aliphatic heterocycles. The number of hydrogen-bond acceptors (Lipinski definition) is 4. The second kappa shape index (κ2) is 12.0. The maximum absolute atomic E-state index is 12.7. The molecular weight excluding hydrogens is 410 g/mol. The van der Waals surface area contributed by atoms with Gasteiger partial charge in [-0.05, 0) is 31.7 Å². The molecule has 3 aromatic rings. The average Bonchev–Trinajstić information content (AvgIpc) is 3.20. The average molecular weight is 444 g/mol. The Hall–Kier alpha value is -3.40. The highest BCUT2D eigenvalue weighted by molar-refractivity contribution is 6.01. The van der Waals surface area contributed by atoms with Crippen molar-refractivity contribution in [1.82, 2.24) is 20.1 Å². The molecule has 0 unspecified atom stereocenters. The van der Waals surface area contributed by atoms with E-state index in [1.807, 2.05) is 49.5 Å². The number of terminal acetylenes is 1. The van der Waals surface area contributed by atoms with E-state index in [9.17, 15) is 4.79 Å². The number of carbonyl (C=O) groups excluding carboxylic acids is 1. The number of benzene rings is 2. The monoisotopic (exact) mass is 443 g/mol. The van der Waals surface area contributed by atoms with Gasteiger partial charge >= 0.3 is 0 Å². The van der Waals surface area contributed by atoms with E-state index in [0.717, 1.165) is 67.0 Å². The number of nitrogens with one attached hydrogen (secondary N) is 2. The van der Waals surface area contributed by atoms with Gasteiger partial charge in [0, 0.05) is 66.7 Å². The molecule has 0 radical (unpaired) electrons. The molecule has 1 aliphatic rings. The van der Waals surface area contributed by atoms with Crippen LogP contribution in [0.5, 0.6) is 0 Å². The van der Waals surface area contributed by atoms with E-state index in [0.29, 0.717) is 12.1 Å². The molecule has 1 fully saturated rings. The van der Waals surface area contributed by atoms with Crippen LogP contribution in [0.1, 0.15) is 27.2 Å². The lowest BCUT2D eigenvalue weighted by molar-refractivity contribution is 0.0950. The van der Waals surface area contributed by atoms with E-state index in [1.54, 1.807) is 0 Å². The third-order valence-corrected chi connectivity index (χ3v) is 6.00. The van der Waals surface area contributed by atoms with Gasteiger partial charge < -0.3 is 15.2 Å². The molecule has 0 spiro atoms. The number of likely N-dealkylation sites (N-methyl/N-ethyl adjacent to an activating group) is 1. The topological polar surface area (TPSA) is 63.7 Å². The first-order chi connectivity index (χ1) is 16.1. The summed E-state index contributed by atoms with van der Waals surface area (Å²) < 4.78 is 0. The van der Waals surface area contributed by atoms with Crippen molar-refractivity contribution in [2.24, 2.45) is 4.99 Å². The molecular formula is C27H33N5O. The van der Waals surface area contributed by atoms with Crippen molar-refractivity contribution in [3.05, 3.63) is 70.9 Å². The first-order valence-corrected chi connectivity index (χ1v) is 11.3. The van der Waals surface area contributed by atoms with Crippen LogP contribution in [-0.4, -0.2) is 73.2 Å². The number of aromatic amines is 1. The minimum Gasteiger partial charge on any atom is -0.356 e. The number of H-pyrrole nitrogens is 1. The molecule has 0 atom stereocenters. The van der Waals surface area contributed by atoms with Crippen molar-refractivity contribution in [2.45, 2.75) is 13.5 Å². The van der Waals surface area contributed by atoms with Gasteiger partial charge in [-0.25, -0.2) is 0 Å². The molecule has 2 heterocycles. The maximum atomic E-state index is 12.7. The summed E-state index contributed by atoms with van der Waals surface area (Å²) in [4.78, 5) is 25.7. The van der Waals surface area contributed by atoms with E-state index < -0.39 is 0 Å². The van der Waals surface area contributed by atoms with Crippen LogP contribution in [0.2, 0.25) is 0 Å². The van der Waals surface area contributed by atoms with Crippen molar-refractivity contribution in [3.8, 4) is 12.8 Å². The molecule has 172 valence electrons. The Kier molecular flexibility index (Phi) is 8.82. The van der Waals surface area contributed by atoms with Gasteiger partial charge in [0.25, 0.3) is 5.91 Å². The summed E-state index contributed by atoms with van der Waals surface area (Å²) in [6.07, 6.45) is 9.96. The van der Waals surface area contributed by atoms with Crippen LogP contribution in [0, 0.1) is 19.8 Å². The zero-order chi connectivity index (χ0) is 23.6. The van der Waals surface area contributed by atoms with Crippen LogP contribution in [-0.2, 0) is 6.54 Å². The van der Waals surface area contributed by atoms with Crippen LogP contribution in [0.15, 0.2) is 53.5 Å². The second-order valence-electron chi connectivity index (χ2n) is 8.24. The quantitative estimate of drug-likeness (QED) is 0.435. The molecule has 0 bridgehead atoms. The van der Waals surface area contributed by atoms with Crippen LogP contribution in [0.25, 0.3) is 10.9 Å². The summed E-state index contributed by atoms with van der Waals surface area (Å²) in [5.41, 5.74) is 4.78. The lowest BCUT2D eigenvalue weighted by Crippen LogP contribution is -2.45. The summed E-state index contributed by atoms with van der Waals surface area (Å²) in [6, 6.07) is 15.9. The highest BCUT2D eigenvalue weighted by Crippen LogP contribution is 2.21. The number of nitrogens with zero attached hydrogens (tertiary/aromatic N) is 3. The zero-order valence-electron chi connectivity index (χ0n) is 19.6. The molecule has 0 aliphatic carbocycles. The molecule has 0 saturated carbocycles. The van der Waals surface area contributed by atoms with Gasteiger partial charge in [0.15, 0.2) is 0 Å². The van der Waals surface area contributed by atoms with E-state index in [-0.39, 0.29) is 5.91 Å². The number of hydrogen-bond donors (Lipinski definition) is 2. The van der Waals surface area contributed by atoms with Crippen molar-refractivity contribution in [2.75, 3.05) is 46.3 Å². The lowest BCUT2D eigenvalue weighted by atomic mass is 10.1. The number of aromatic nitrogens is 1. The fourth-order valence-corrected chi connectivity index (χ4v) is 4.02. The number of aryl methyl sites for hydroxylation is 1. The minimum absolute atomic E-state index is 0.0605. The second-order valence-corrected chi connectivity index (χ2v) is 8.24. The fourth-order valence-electron chi connectivity index (χ4n) is 4.02. The number of para-hydroxylation sites is 1. The predicted molar refractivity (Wildman–Crippen MR) is 137 cm³/mol. The van der Waals surface area contributed by atoms with Crippen LogP contribution < -0.4 is 5.32 Å². The molecule has 4 rings (SSSR count). The molecule has 1 saturated heterocycles. The van der Waals surface area contributed by atoms with E-state index in [4.69, 9.17) is 4.99 Å². The van der Waals surface area contributed by atoms with Crippen molar-refractivity contribution < 1.29 is 4.79 Å². The molecule has 1 amide bonds. The first kappa shape index (κ1) is 24.2.